The lowest BCUT2D eigenvalue weighted by Crippen LogP contribution is -2.44. The second-order valence-electron chi connectivity index (χ2n) is 7.96. The van der Waals surface area contributed by atoms with Gasteiger partial charge in [-0.15, -0.1) is 0 Å². The van der Waals surface area contributed by atoms with Gasteiger partial charge in [-0.3, -0.25) is 28.9 Å². The third kappa shape index (κ3) is 3.32. The van der Waals surface area contributed by atoms with Gasteiger partial charge in [0.05, 0.1) is 11.0 Å². The number of likely N-dealkylation sites (tertiary alicyclic amines) is 1. The molecule has 2 aliphatic heterocycles. The largest absolute Gasteiger partial charge is 0.329 e. The van der Waals surface area contributed by atoms with Crippen molar-refractivity contribution in [2.45, 2.75) is 45.2 Å². The Morgan fingerprint density at radius 3 is 2.52 bits per heavy atom. The molecule has 7 heteroatoms. The Morgan fingerprint density at radius 2 is 1.81 bits per heavy atom. The van der Waals surface area contributed by atoms with E-state index in [2.05, 4.69) is 23.2 Å². The number of hydrogen-bond donors (Lipinski definition) is 1. The Labute approximate surface area is 157 Å². The highest BCUT2D eigenvalue weighted by Gasteiger charge is 2.31. The Bertz CT molecular complexity index is 950. The van der Waals surface area contributed by atoms with Gasteiger partial charge < -0.3 is 0 Å². The summed E-state index contributed by atoms with van der Waals surface area (Å²) in [6.07, 6.45) is 3.07. The van der Waals surface area contributed by atoms with Crippen LogP contribution in [0.1, 0.15) is 44.2 Å². The van der Waals surface area contributed by atoms with Crippen LogP contribution in [0.3, 0.4) is 0 Å². The molecular formula is C20H26N4O3. The third-order valence-corrected chi connectivity index (χ3v) is 5.96. The molecule has 4 rings (SSSR count). The Morgan fingerprint density at radius 1 is 1.07 bits per heavy atom. The summed E-state index contributed by atoms with van der Waals surface area (Å²) in [7, 11) is 1.74. The van der Waals surface area contributed by atoms with Crippen molar-refractivity contribution in [2.24, 2.45) is 13.0 Å². The highest BCUT2D eigenvalue weighted by atomic mass is 16.2. The molecule has 144 valence electrons. The lowest BCUT2D eigenvalue weighted by Gasteiger charge is -2.30. The van der Waals surface area contributed by atoms with Gasteiger partial charge in [0.1, 0.15) is 6.04 Å². The van der Waals surface area contributed by atoms with Crippen LogP contribution >= 0.6 is 0 Å². The van der Waals surface area contributed by atoms with Crippen molar-refractivity contribution in [3.05, 3.63) is 34.2 Å². The lowest BCUT2D eigenvalue weighted by molar-refractivity contribution is -0.135. The van der Waals surface area contributed by atoms with Gasteiger partial charge in [0.25, 0.3) is 0 Å². The first-order valence-electron chi connectivity index (χ1n) is 9.70. The number of imidazole rings is 1. The molecule has 0 aliphatic carbocycles. The average molecular weight is 370 g/mol. The Balaban J connectivity index is 1.65. The van der Waals surface area contributed by atoms with Crippen LogP contribution in [0.4, 0.5) is 0 Å². The van der Waals surface area contributed by atoms with Gasteiger partial charge in [-0.1, -0.05) is 13.0 Å². The van der Waals surface area contributed by atoms with Gasteiger partial charge in [-0.25, -0.2) is 4.79 Å². The molecule has 1 atom stereocenters. The van der Waals surface area contributed by atoms with Crippen molar-refractivity contribution in [1.29, 1.82) is 0 Å². The molecule has 1 aromatic carbocycles. The number of carbonyl (C=O) groups excluding carboxylic acids is 2. The summed E-state index contributed by atoms with van der Waals surface area (Å²) in [4.78, 5) is 38.9. The molecule has 1 N–H and O–H groups in total. The molecule has 0 bridgehead atoms. The zero-order valence-electron chi connectivity index (χ0n) is 15.9. The van der Waals surface area contributed by atoms with Gasteiger partial charge in [-0.05, 0) is 56.0 Å². The van der Waals surface area contributed by atoms with E-state index in [1.165, 1.54) is 23.0 Å². The second-order valence-corrected chi connectivity index (χ2v) is 7.96. The molecule has 7 nitrogen and oxygen atoms in total. The molecule has 3 heterocycles. The Hall–Kier alpha value is -2.41. The number of fused-ring (bicyclic) bond motifs is 1. The van der Waals surface area contributed by atoms with Crippen molar-refractivity contribution < 1.29 is 9.59 Å². The van der Waals surface area contributed by atoms with Crippen molar-refractivity contribution in [3.8, 4) is 0 Å². The third-order valence-electron chi connectivity index (χ3n) is 5.96. The number of nitrogens with one attached hydrogen (secondary N) is 1. The fourth-order valence-corrected chi connectivity index (χ4v) is 4.22. The molecular weight excluding hydrogens is 344 g/mol. The maximum Gasteiger partial charge on any atom is 0.329 e. The molecule has 1 aromatic heterocycles. The second kappa shape index (κ2) is 6.96. The van der Waals surface area contributed by atoms with Crippen LogP contribution in [0.25, 0.3) is 11.0 Å². The lowest BCUT2D eigenvalue weighted by atomic mass is 9.99. The molecule has 27 heavy (non-hydrogen) atoms. The van der Waals surface area contributed by atoms with Crippen molar-refractivity contribution >= 4 is 22.8 Å². The molecule has 2 fully saturated rings. The van der Waals surface area contributed by atoms with E-state index in [9.17, 15) is 14.4 Å². The average Bonchev–Trinajstić information content (AvgIpc) is 2.88. The first-order chi connectivity index (χ1) is 12.9. The monoisotopic (exact) mass is 370 g/mol. The van der Waals surface area contributed by atoms with Crippen LogP contribution in [0, 0.1) is 5.92 Å². The zero-order valence-corrected chi connectivity index (χ0v) is 15.9. The number of amides is 2. The molecule has 0 saturated carbocycles. The molecule has 2 aliphatic rings. The summed E-state index contributed by atoms with van der Waals surface area (Å²) in [5.41, 5.74) is 2.53. The summed E-state index contributed by atoms with van der Waals surface area (Å²) in [5, 5.41) is 2.34. The number of benzene rings is 1. The maximum atomic E-state index is 12.8. The van der Waals surface area contributed by atoms with E-state index in [0.717, 1.165) is 36.6 Å². The van der Waals surface area contributed by atoms with Gasteiger partial charge in [0, 0.05) is 20.0 Å². The minimum absolute atomic E-state index is 0.219. The molecule has 0 radical (unpaired) electrons. The predicted molar refractivity (Wildman–Crippen MR) is 102 cm³/mol. The predicted octanol–water partition coefficient (Wildman–Crippen LogP) is 1.55. The fourth-order valence-electron chi connectivity index (χ4n) is 4.22. The van der Waals surface area contributed by atoms with Gasteiger partial charge >= 0.3 is 5.69 Å². The molecule has 2 saturated heterocycles. The molecule has 2 aromatic rings. The standard InChI is InChI=1S/C20H26N4O3/c1-13-7-9-23(10-8-13)12-14-3-4-15-17(11-14)22(2)20(27)24(15)16-5-6-18(25)21-19(16)26/h3-4,11,13,16H,5-10,12H2,1-2H3,(H,21,25,26). The van der Waals surface area contributed by atoms with Crippen LogP contribution in [0.5, 0.6) is 0 Å². The highest BCUT2D eigenvalue weighted by Crippen LogP contribution is 2.25. The summed E-state index contributed by atoms with van der Waals surface area (Å²) < 4.78 is 3.13. The number of aromatic nitrogens is 2. The molecule has 0 spiro atoms. The normalized spacial score (nSPS) is 22.4. The summed E-state index contributed by atoms with van der Waals surface area (Å²) in [6.45, 7) is 5.39. The van der Waals surface area contributed by atoms with Crippen LogP contribution in [0.15, 0.2) is 23.0 Å². The first-order valence-corrected chi connectivity index (χ1v) is 9.70. The van der Waals surface area contributed by atoms with E-state index in [1.54, 1.807) is 11.6 Å². The minimum atomic E-state index is -0.631. The maximum absolute atomic E-state index is 12.8. The number of carbonyl (C=O) groups is 2. The quantitative estimate of drug-likeness (QED) is 0.832. The number of imide groups is 1. The first kappa shape index (κ1) is 18.0. The van der Waals surface area contributed by atoms with Gasteiger partial charge in [0.2, 0.25) is 11.8 Å². The van der Waals surface area contributed by atoms with Crippen molar-refractivity contribution in [2.75, 3.05) is 13.1 Å². The summed E-state index contributed by atoms with van der Waals surface area (Å²) >= 11 is 0. The van der Waals surface area contributed by atoms with E-state index in [4.69, 9.17) is 0 Å². The number of rotatable bonds is 3. The van der Waals surface area contributed by atoms with Crippen LogP contribution in [0.2, 0.25) is 0 Å². The Kier molecular flexibility index (Phi) is 4.63. The van der Waals surface area contributed by atoms with Crippen LogP contribution in [-0.2, 0) is 23.2 Å². The molecule has 1 unspecified atom stereocenters. The zero-order chi connectivity index (χ0) is 19.1. The minimum Gasteiger partial charge on any atom is -0.299 e. The number of nitrogens with zero attached hydrogens (tertiary/aromatic N) is 3. The van der Waals surface area contributed by atoms with Gasteiger partial charge in [0.15, 0.2) is 0 Å². The summed E-state index contributed by atoms with van der Waals surface area (Å²) in [6, 6.07) is 5.40. The summed E-state index contributed by atoms with van der Waals surface area (Å²) in [5.74, 6) is 0.127. The fraction of sp³-hybridized carbons (Fsp3) is 0.550. The number of aryl methyl sites for hydroxylation is 1. The highest BCUT2D eigenvalue weighted by molar-refractivity contribution is 6.00. The molecule has 2 amide bonds. The topological polar surface area (TPSA) is 76.3 Å². The van der Waals surface area contributed by atoms with Gasteiger partial charge in [-0.2, -0.15) is 0 Å². The van der Waals surface area contributed by atoms with Crippen LogP contribution < -0.4 is 11.0 Å². The van der Waals surface area contributed by atoms with Crippen LogP contribution in [-0.4, -0.2) is 38.9 Å². The smallest absolute Gasteiger partial charge is 0.299 e. The van der Waals surface area contributed by atoms with E-state index in [1.807, 2.05) is 12.1 Å². The van der Waals surface area contributed by atoms with Crippen molar-refractivity contribution in [3.63, 3.8) is 0 Å². The van der Waals surface area contributed by atoms with E-state index < -0.39 is 11.9 Å². The SMILES string of the molecule is CC1CCN(Cc2ccc3c(c2)n(C)c(=O)n3C2CCC(=O)NC2=O)CC1. The van der Waals surface area contributed by atoms with E-state index in [0.29, 0.717) is 6.42 Å². The number of piperidine rings is 2. The van der Waals surface area contributed by atoms with Crippen molar-refractivity contribution in [1.82, 2.24) is 19.4 Å². The van der Waals surface area contributed by atoms with E-state index >= 15 is 0 Å². The van der Waals surface area contributed by atoms with E-state index in [-0.39, 0.29) is 18.0 Å². The number of hydrogen-bond acceptors (Lipinski definition) is 4.